The molecule has 1 N–H and O–H groups in total. The van der Waals surface area contributed by atoms with Crippen molar-refractivity contribution >= 4 is 29.1 Å². The maximum absolute atomic E-state index is 12.0. The van der Waals surface area contributed by atoms with Gasteiger partial charge < -0.3 is 5.32 Å². The Bertz CT molecular complexity index is 477. The summed E-state index contributed by atoms with van der Waals surface area (Å²) in [6.07, 6.45) is 8.06. The zero-order valence-electron chi connectivity index (χ0n) is 10.7. The Kier molecular flexibility index (Phi) is 5.29. The minimum Gasteiger partial charge on any atom is -0.352 e. The first-order valence-electron chi connectivity index (χ1n) is 6.58. The van der Waals surface area contributed by atoms with E-state index in [1.807, 2.05) is 0 Å². The lowest BCUT2D eigenvalue weighted by atomic mass is 9.97. The van der Waals surface area contributed by atoms with Gasteiger partial charge >= 0.3 is 0 Å². The Labute approximate surface area is 123 Å². The van der Waals surface area contributed by atoms with Crippen LogP contribution in [0.2, 0.25) is 10.0 Å². The van der Waals surface area contributed by atoms with E-state index < -0.39 is 0 Å². The van der Waals surface area contributed by atoms with Gasteiger partial charge in [-0.15, -0.1) is 0 Å². The van der Waals surface area contributed by atoms with Crippen LogP contribution in [0.25, 0.3) is 0 Å². The lowest BCUT2D eigenvalue weighted by molar-refractivity contribution is 0.0954. The standard InChI is InChI=1S/C15H17Cl2NO/c16-12-7-4-8-13(17)14(12)15(19)18-10-9-11-5-2-1-3-6-11/h4-5,7-8H,1-3,6,9-10H2,(H,18,19). The second kappa shape index (κ2) is 6.97. The number of amides is 1. The summed E-state index contributed by atoms with van der Waals surface area (Å²) >= 11 is 12.0. The fourth-order valence-corrected chi connectivity index (χ4v) is 2.84. The summed E-state index contributed by atoms with van der Waals surface area (Å²) in [6, 6.07) is 5.08. The number of rotatable bonds is 4. The van der Waals surface area contributed by atoms with Crippen LogP contribution in [0.15, 0.2) is 29.8 Å². The van der Waals surface area contributed by atoms with Gasteiger partial charge in [0.25, 0.3) is 5.91 Å². The molecule has 1 amide bonds. The average Bonchev–Trinajstić information content (AvgIpc) is 2.40. The van der Waals surface area contributed by atoms with Gasteiger partial charge in [0.1, 0.15) is 0 Å². The summed E-state index contributed by atoms with van der Waals surface area (Å²) in [5.41, 5.74) is 1.81. The lowest BCUT2D eigenvalue weighted by Crippen LogP contribution is -2.25. The van der Waals surface area contributed by atoms with Gasteiger partial charge in [-0.25, -0.2) is 0 Å². The highest BCUT2D eigenvalue weighted by molar-refractivity contribution is 6.39. The number of benzene rings is 1. The summed E-state index contributed by atoms with van der Waals surface area (Å²) in [6.45, 7) is 0.631. The first-order chi connectivity index (χ1) is 9.18. The van der Waals surface area contributed by atoms with Crippen molar-refractivity contribution in [1.29, 1.82) is 0 Å². The number of hydrogen-bond acceptors (Lipinski definition) is 1. The van der Waals surface area contributed by atoms with Gasteiger partial charge in [0.15, 0.2) is 0 Å². The fourth-order valence-electron chi connectivity index (χ4n) is 2.27. The molecule has 1 aromatic rings. The molecule has 102 valence electrons. The topological polar surface area (TPSA) is 29.1 Å². The van der Waals surface area contributed by atoms with Crippen molar-refractivity contribution in [3.8, 4) is 0 Å². The van der Waals surface area contributed by atoms with Crippen molar-refractivity contribution in [3.05, 3.63) is 45.5 Å². The van der Waals surface area contributed by atoms with Crippen molar-refractivity contribution < 1.29 is 4.79 Å². The molecule has 0 aromatic heterocycles. The highest BCUT2D eigenvalue weighted by Crippen LogP contribution is 2.24. The van der Waals surface area contributed by atoms with E-state index in [2.05, 4.69) is 11.4 Å². The molecule has 0 spiro atoms. The minimum absolute atomic E-state index is 0.202. The van der Waals surface area contributed by atoms with Crippen LogP contribution < -0.4 is 5.32 Å². The molecule has 0 radical (unpaired) electrons. The smallest absolute Gasteiger partial charge is 0.254 e. The van der Waals surface area contributed by atoms with Crippen LogP contribution in [-0.2, 0) is 0 Å². The van der Waals surface area contributed by atoms with Crippen molar-refractivity contribution in [2.45, 2.75) is 32.1 Å². The van der Waals surface area contributed by atoms with Gasteiger partial charge in [-0.05, 0) is 44.2 Å². The van der Waals surface area contributed by atoms with E-state index in [1.165, 1.54) is 24.8 Å². The van der Waals surface area contributed by atoms with Crippen molar-refractivity contribution in [2.24, 2.45) is 0 Å². The van der Waals surface area contributed by atoms with E-state index in [0.29, 0.717) is 22.2 Å². The molecule has 1 aliphatic rings. The maximum Gasteiger partial charge on any atom is 0.254 e. The number of nitrogens with one attached hydrogen (secondary N) is 1. The first kappa shape index (κ1) is 14.4. The molecular formula is C15H17Cl2NO. The van der Waals surface area contributed by atoms with Crippen molar-refractivity contribution in [3.63, 3.8) is 0 Å². The monoisotopic (exact) mass is 297 g/mol. The molecule has 0 aliphatic heterocycles. The summed E-state index contributed by atoms with van der Waals surface area (Å²) in [5.74, 6) is -0.202. The van der Waals surface area contributed by atoms with Crippen molar-refractivity contribution in [1.82, 2.24) is 5.32 Å². The summed E-state index contributed by atoms with van der Waals surface area (Å²) < 4.78 is 0. The molecule has 1 aliphatic carbocycles. The van der Waals surface area contributed by atoms with Crippen LogP contribution in [0.5, 0.6) is 0 Å². The molecule has 2 rings (SSSR count). The number of allylic oxidation sites excluding steroid dienone is 1. The molecule has 1 aromatic carbocycles. The first-order valence-corrected chi connectivity index (χ1v) is 7.34. The van der Waals surface area contributed by atoms with Crippen LogP contribution in [0.1, 0.15) is 42.5 Å². The van der Waals surface area contributed by atoms with Gasteiger partial charge in [-0.1, -0.05) is 40.9 Å². The van der Waals surface area contributed by atoms with E-state index in [-0.39, 0.29) is 5.91 Å². The Morgan fingerprint density at radius 1 is 1.21 bits per heavy atom. The van der Waals surface area contributed by atoms with Gasteiger partial charge in [0.2, 0.25) is 0 Å². The number of carbonyl (C=O) groups excluding carboxylic acids is 1. The lowest BCUT2D eigenvalue weighted by Gasteiger charge is -2.13. The van der Waals surface area contributed by atoms with Gasteiger partial charge in [-0.3, -0.25) is 4.79 Å². The second-order valence-corrected chi connectivity index (χ2v) is 5.53. The van der Waals surface area contributed by atoms with Crippen LogP contribution in [0, 0.1) is 0 Å². The molecule has 2 nitrogen and oxygen atoms in total. The number of halogens is 2. The van der Waals surface area contributed by atoms with E-state index in [1.54, 1.807) is 18.2 Å². The Morgan fingerprint density at radius 2 is 1.95 bits per heavy atom. The maximum atomic E-state index is 12.0. The van der Waals surface area contributed by atoms with Crippen LogP contribution >= 0.6 is 23.2 Å². The molecule has 0 saturated heterocycles. The molecule has 0 unspecified atom stereocenters. The molecule has 0 atom stereocenters. The predicted molar refractivity (Wildman–Crippen MR) is 80.0 cm³/mol. The Hall–Kier alpha value is -0.990. The van der Waals surface area contributed by atoms with E-state index in [4.69, 9.17) is 23.2 Å². The molecule has 19 heavy (non-hydrogen) atoms. The third-order valence-corrected chi connectivity index (χ3v) is 3.94. The molecular weight excluding hydrogens is 281 g/mol. The summed E-state index contributed by atoms with van der Waals surface area (Å²) in [4.78, 5) is 12.0. The highest BCUT2D eigenvalue weighted by Gasteiger charge is 2.14. The zero-order chi connectivity index (χ0) is 13.7. The summed E-state index contributed by atoms with van der Waals surface area (Å²) in [5, 5.41) is 3.66. The fraction of sp³-hybridized carbons (Fsp3) is 0.400. The van der Waals surface area contributed by atoms with E-state index >= 15 is 0 Å². The molecule has 4 heteroatoms. The predicted octanol–water partition coefficient (Wildman–Crippen LogP) is 4.61. The minimum atomic E-state index is -0.202. The van der Waals surface area contributed by atoms with Crippen LogP contribution in [0.4, 0.5) is 0 Å². The second-order valence-electron chi connectivity index (χ2n) is 4.71. The van der Waals surface area contributed by atoms with Gasteiger partial charge in [-0.2, -0.15) is 0 Å². The van der Waals surface area contributed by atoms with Gasteiger partial charge in [0, 0.05) is 6.54 Å². The molecule has 0 fully saturated rings. The number of carbonyl (C=O) groups is 1. The number of hydrogen-bond donors (Lipinski definition) is 1. The molecule has 0 heterocycles. The quantitative estimate of drug-likeness (QED) is 0.808. The SMILES string of the molecule is O=C(NCCC1=CCCCC1)c1c(Cl)cccc1Cl. The van der Waals surface area contributed by atoms with Crippen LogP contribution in [-0.4, -0.2) is 12.5 Å². The molecule has 0 saturated carbocycles. The third-order valence-electron chi connectivity index (χ3n) is 3.31. The third kappa shape index (κ3) is 3.99. The van der Waals surface area contributed by atoms with E-state index in [0.717, 1.165) is 12.8 Å². The highest BCUT2D eigenvalue weighted by atomic mass is 35.5. The van der Waals surface area contributed by atoms with Gasteiger partial charge in [0.05, 0.1) is 15.6 Å². The summed E-state index contributed by atoms with van der Waals surface area (Å²) in [7, 11) is 0. The zero-order valence-corrected chi connectivity index (χ0v) is 12.2. The van der Waals surface area contributed by atoms with Crippen LogP contribution in [0.3, 0.4) is 0 Å². The Balaban J connectivity index is 1.89. The van der Waals surface area contributed by atoms with Crippen molar-refractivity contribution in [2.75, 3.05) is 6.54 Å². The Morgan fingerprint density at radius 3 is 2.58 bits per heavy atom. The van der Waals surface area contributed by atoms with E-state index in [9.17, 15) is 4.79 Å². The molecule has 0 bridgehead atoms. The largest absolute Gasteiger partial charge is 0.352 e. The normalized spacial score (nSPS) is 14.9. The average molecular weight is 298 g/mol.